The molecule has 0 bridgehead atoms. The Hall–Kier alpha value is -2.38. The molecule has 2 aliphatic rings. The first-order valence-corrected chi connectivity index (χ1v) is 11.9. The van der Waals surface area contributed by atoms with Crippen LogP contribution in [0.5, 0.6) is 0 Å². The van der Waals surface area contributed by atoms with E-state index in [-0.39, 0.29) is 11.5 Å². The van der Waals surface area contributed by atoms with Crippen LogP contribution >= 0.6 is 24.0 Å². The number of furan rings is 1. The Kier molecular flexibility index (Phi) is 8.09. The summed E-state index contributed by atoms with van der Waals surface area (Å²) in [5.41, 5.74) is 1.00. The van der Waals surface area contributed by atoms with Crippen LogP contribution in [0.2, 0.25) is 0 Å². The summed E-state index contributed by atoms with van der Waals surface area (Å²) in [4.78, 5) is 26.1. The van der Waals surface area contributed by atoms with Gasteiger partial charge in [0.05, 0.1) is 10.5 Å². The fourth-order valence-electron chi connectivity index (χ4n) is 3.78. The first-order chi connectivity index (χ1) is 15.0. The number of rotatable bonds is 5. The molecule has 0 radical (unpaired) electrons. The van der Waals surface area contributed by atoms with E-state index in [1.807, 2.05) is 19.9 Å². The highest BCUT2D eigenvalue weighted by Crippen LogP contribution is 2.35. The average molecular weight is 458 g/mol. The van der Waals surface area contributed by atoms with Gasteiger partial charge < -0.3 is 9.52 Å². The van der Waals surface area contributed by atoms with Crippen molar-refractivity contribution >= 4 is 46.3 Å². The number of amides is 1. The van der Waals surface area contributed by atoms with E-state index in [0.29, 0.717) is 33.2 Å². The summed E-state index contributed by atoms with van der Waals surface area (Å²) >= 11 is 6.76. The van der Waals surface area contributed by atoms with Crippen LogP contribution in [-0.2, 0) is 4.79 Å². The minimum Gasteiger partial charge on any atom is -0.478 e. The van der Waals surface area contributed by atoms with Crippen LogP contribution in [0.25, 0.3) is 17.4 Å². The number of carbonyl (C=O) groups is 2. The molecular formula is C24H27NO4S2. The van der Waals surface area contributed by atoms with E-state index in [2.05, 4.69) is 0 Å². The summed E-state index contributed by atoms with van der Waals surface area (Å²) in [6, 6.07) is 10.1. The fraction of sp³-hybridized carbons (Fsp3) is 0.375. The molecule has 2 aromatic rings. The standard InChI is InChI=1S/C22H21NO4S2.C2H6/c24-20-19(29-22(28)23(20)13-14-4-2-1-3-5-14)12-17-10-11-18(27-17)15-6-8-16(9-7-15)21(25)26;1-2/h6-12,14H,1-5,13H2,(H,25,26);1-2H3/b19-12-;. The molecule has 7 heteroatoms. The SMILES string of the molecule is CC.O=C(O)c1ccc(-c2ccc(/C=C3\SC(=S)N(CC4CCCCC4)C3=O)o2)cc1. The number of hydrogen-bond acceptors (Lipinski definition) is 5. The third-order valence-electron chi connectivity index (χ3n) is 5.36. The zero-order valence-corrected chi connectivity index (χ0v) is 19.4. The molecular weight excluding hydrogens is 430 g/mol. The van der Waals surface area contributed by atoms with Crippen LogP contribution in [0.1, 0.15) is 62.1 Å². The van der Waals surface area contributed by atoms with Gasteiger partial charge in [-0.05, 0) is 43.0 Å². The Balaban J connectivity index is 0.00000132. The molecule has 1 saturated heterocycles. The fourth-order valence-corrected chi connectivity index (χ4v) is 5.03. The van der Waals surface area contributed by atoms with Gasteiger partial charge >= 0.3 is 5.97 Å². The summed E-state index contributed by atoms with van der Waals surface area (Å²) in [6.07, 6.45) is 7.82. The van der Waals surface area contributed by atoms with Crippen LogP contribution in [-0.4, -0.2) is 32.7 Å². The molecule has 1 aliphatic carbocycles. The van der Waals surface area contributed by atoms with E-state index >= 15 is 0 Å². The maximum atomic E-state index is 12.8. The van der Waals surface area contributed by atoms with Gasteiger partial charge in [-0.3, -0.25) is 9.69 Å². The lowest BCUT2D eigenvalue weighted by atomic mass is 9.89. The molecule has 4 rings (SSSR count). The molecule has 0 atom stereocenters. The number of carboxylic acid groups (broad SMARTS) is 1. The second-order valence-electron chi connectivity index (χ2n) is 7.38. The molecule has 2 fully saturated rings. The number of carbonyl (C=O) groups excluding carboxylic acids is 1. The number of aromatic carboxylic acids is 1. The first-order valence-electron chi connectivity index (χ1n) is 10.7. The number of thioether (sulfide) groups is 1. The van der Waals surface area contributed by atoms with Crippen molar-refractivity contribution in [3.05, 3.63) is 52.6 Å². The topological polar surface area (TPSA) is 70.8 Å². The highest BCUT2D eigenvalue weighted by Gasteiger charge is 2.34. The van der Waals surface area contributed by atoms with Crippen molar-refractivity contribution in [2.45, 2.75) is 46.0 Å². The quantitative estimate of drug-likeness (QED) is 0.411. The number of thiocarbonyl (C=S) groups is 1. The number of benzene rings is 1. The van der Waals surface area contributed by atoms with E-state index in [1.54, 1.807) is 29.2 Å². The first kappa shape index (κ1) is 23.3. The summed E-state index contributed by atoms with van der Waals surface area (Å²) < 4.78 is 6.46. The molecule has 2 heterocycles. The van der Waals surface area contributed by atoms with Crippen molar-refractivity contribution in [1.29, 1.82) is 0 Å². The molecule has 31 heavy (non-hydrogen) atoms. The molecule has 1 saturated carbocycles. The molecule has 1 aromatic heterocycles. The van der Waals surface area contributed by atoms with Gasteiger partial charge in [0, 0.05) is 18.2 Å². The predicted octanol–water partition coefficient (Wildman–Crippen LogP) is 6.45. The van der Waals surface area contributed by atoms with Crippen molar-refractivity contribution in [1.82, 2.24) is 4.90 Å². The van der Waals surface area contributed by atoms with Gasteiger partial charge in [-0.2, -0.15) is 0 Å². The minimum atomic E-state index is -0.966. The van der Waals surface area contributed by atoms with Gasteiger partial charge in [0.25, 0.3) is 5.91 Å². The number of nitrogens with zero attached hydrogens (tertiary/aromatic N) is 1. The van der Waals surface area contributed by atoms with Crippen molar-refractivity contribution in [2.75, 3.05) is 6.54 Å². The van der Waals surface area contributed by atoms with E-state index in [4.69, 9.17) is 21.7 Å². The van der Waals surface area contributed by atoms with E-state index in [1.165, 1.54) is 43.2 Å². The van der Waals surface area contributed by atoms with Crippen LogP contribution in [0, 0.1) is 5.92 Å². The minimum absolute atomic E-state index is 0.0469. The summed E-state index contributed by atoms with van der Waals surface area (Å²) in [5.74, 6) is 0.710. The van der Waals surface area contributed by atoms with E-state index in [9.17, 15) is 9.59 Å². The highest BCUT2D eigenvalue weighted by molar-refractivity contribution is 8.26. The van der Waals surface area contributed by atoms with Gasteiger partial charge in [0.1, 0.15) is 15.8 Å². The Bertz CT molecular complexity index is 972. The second kappa shape index (κ2) is 10.8. The maximum Gasteiger partial charge on any atom is 0.335 e. The van der Waals surface area contributed by atoms with Crippen LogP contribution in [0.4, 0.5) is 0 Å². The zero-order valence-electron chi connectivity index (χ0n) is 17.8. The number of hydrogen-bond donors (Lipinski definition) is 1. The van der Waals surface area contributed by atoms with Crippen molar-refractivity contribution in [2.24, 2.45) is 5.92 Å². The monoisotopic (exact) mass is 457 g/mol. The summed E-state index contributed by atoms with van der Waals surface area (Å²) in [5, 5.41) is 9.00. The van der Waals surface area contributed by atoms with Gasteiger partial charge in [0.2, 0.25) is 0 Å². The second-order valence-corrected chi connectivity index (χ2v) is 9.06. The van der Waals surface area contributed by atoms with Crippen LogP contribution in [0.15, 0.2) is 45.7 Å². The molecule has 1 aliphatic heterocycles. The lowest BCUT2D eigenvalue weighted by Crippen LogP contribution is -2.33. The van der Waals surface area contributed by atoms with Gasteiger partial charge in [-0.1, -0.05) is 69.2 Å². The van der Waals surface area contributed by atoms with E-state index in [0.717, 1.165) is 18.4 Å². The van der Waals surface area contributed by atoms with E-state index < -0.39 is 5.97 Å². The molecule has 5 nitrogen and oxygen atoms in total. The lowest BCUT2D eigenvalue weighted by Gasteiger charge is -2.26. The molecule has 1 aromatic carbocycles. The Labute approximate surface area is 192 Å². The van der Waals surface area contributed by atoms with Crippen molar-refractivity contribution < 1.29 is 19.1 Å². The van der Waals surface area contributed by atoms with Crippen LogP contribution < -0.4 is 0 Å². The molecule has 0 unspecified atom stereocenters. The third kappa shape index (κ3) is 5.66. The predicted molar refractivity (Wildman–Crippen MR) is 129 cm³/mol. The zero-order chi connectivity index (χ0) is 22.4. The maximum absolute atomic E-state index is 12.8. The largest absolute Gasteiger partial charge is 0.478 e. The van der Waals surface area contributed by atoms with Gasteiger partial charge in [0.15, 0.2) is 0 Å². The third-order valence-corrected chi connectivity index (χ3v) is 6.73. The average Bonchev–Trinajstić information content (AvgIpc) is 3.36. The summed E-state index contributed by atoms with van der Waals surface area (Å²) in [6.45, 7) is 4.71. The van der Waals surface area contributed by atoms with Crippen molar-refractivity contribution in [3.63, 3.8) is 0 Å². The molecule has 164 valence electrons. The number of carboxylic acids is 1. The molecule has 1 N–H and O–H groups in total. The Morgan fingerprint density at radius 1 is 1.16 bits per heavy atom. The lowest BCUT2D eigenvalue weighted by molar-refractivity contribution is -0.122. The van der Waals surface area contributed by atoms with Crippen LogP contribution in [0.3, 0.4) is 0 Å². The molecule has 1 amide bonds. The van der Waals surface area contributed by atoms with Crippen molar-refractivity contribution in [3.8, 4) is 11.3 Å². The van der Waals surface area contributed by atoms with Gasteiger partial charge in [-0.15, -0.1) is 0 Å². The van der Waals surface area contributed by atoms with Gasteiger partial charge in [-0.25, -0.2) is 4.79 Å². The Morgan fingerprint density at radius 3 is 2.48 bits per heavy atom. The smallest absolute Gasteiger partial charge is 0.335 e. The summed E-state index contributed by atoms with van der Waals surface area (Å²) in [7, 11) is 0. The Morgan fingerprint density at radius 2 is 1.84 bits per heavy atom. The molecule has 0 spiro atoms. The normalized spacial score (nSPS) is 18.3. The highest BCUT2D eigenvalue weighted by atomic mass is 32.2.